The number of alkyl halides is 6. The molecule has 2 heterocycles. The van der Waals surface area contributed by atoms with Crippen LogP contribution in [0.5, 0.6) is 29.0 Å². The van der Waals surface area contributed by atoms with Crippen molar-refractivity contribution in [1.82, 2.24) is 24.7 Å². The number of ether oxygens (including phenoxy) is 4. The Balaban J connectivity index is 0.000000230. The minimum atomic E-state index is -4.52. The van der Waals surface area contributed by atoms with E-state index >= 15 is 0 Å². The highest BCUT2D eigenvalue weighted by Crippen LogP contribution is 2.39. The third-order valence-corrected chi connectivity index (χ3v) is 10.3. The molecule has 0 bridgehead atoms. The Labute approximate surface area is 391 Å². The number of methoxy groups -OCH3 is 1. The lowest BCUT2D eigenvalue weighted by molar-refractivity contribution is -0.385. The molecule has 6 rings (SSSR count). The number of benzene rings is 4. The molecule has 362 valence electrons. The predicted octanol–water partition coefficient (Wildman–Crippen LogP) is 10.0. The number of aliphatic carboxylic acids is 1. The lowest BCUT2D eigenvalue weighted by atomic mass is 10.1. The molecule has 0 unspecified atom stereocenters. The molecule has 18 nitrogen and oxygen atoms in total. The number of halogens is 8. The number of urea groups is 1. The number of carbonyl (C=O) groups excluding carboxylic acids is 1. The number of nitro groups is 1. The van der Waals surface area contributed by atoms with Gasteiger partial charge in [-0.2, -0.15) is 41.3 Å². The number of nitrogens with one attached hydrogen (secondary N) is 2. The van der Waals surface area contributed by atoms with Crippen LogP contribution in [0, 0.1) is 17.0 Å². The second kappa shape index (κ2) is 23.5. The second-order valence-corrected chi connectivity index (χ2v) is 15.6. The van der Waals surface area contributed by atoms with Gasteiger partial charge >= 0.3 is 36.1 Å². The van der Waals surface area contributed by atoms with Gasteiger partial charge in [0.05, 0.1) is 39.1 Å². The summed E-state index contributed by atoms with van der Waals surface area (Å²) >= 11 is 11.8. The van der Waals surface area contributed by atoms with Gasteiger partial charge in [0.15, 0.2) is 6.61 Å². The predicted molar refractivity (Wildman–Crippen MR) is 232 cm³/mol. The first-order valence-corrected chi connectivity index (χ1v) is 21.2. The average molecular weight is 1020 g/mol. The smallest absolute Gasteiger partial charge is 0.416 e. The lowest BCUT2D eigenvalue weighted by Crippen LogP contribution is -2.35. The van der Waals surface area contributed by atoms with Crippen molar-refractivity contribution >= 4 is 67.8 Å². The number of amides is 2. The summed E-state index contributed by atoms with van der Waals surface area (Å²) in [7, 11) is -3.14. The van der Waals surface area contributed by atoms with Crippen molar-refractivity contribution in [3.05, 3.63) is 128 Å². The standard InChI is InChI=1S/C15H11ClF3NO4.C15H16F3N5O4S.C11H8ClNO3/c1-2-23-14-8-10(4-5-12(14)20(21)22)24-13-6-3-9(7-11(13)16)15(17,18)19;1-9-19-12(22-14(20-9)27-2)21-13(24)23-28(25,26)11-6-4-3-5-10(11)7-8-15(16,17)18;12-8-3-4-9(16-6-10(14)15)11-7(8)2-1-5-13-11/h3-8H,2H2,1H3;3-6H,7-8H2,1-2H3,(H2,19,20,21,22,23,24);1-5H,6H2,(H,14,15). The van der Waals surface area contributed by atoms with E-state index in [1.54, 1.807) is 42.1 Å². The van der Waals surface area contributed by atoms with E-state index in [9.17, 15) is 54.5 Å². The Morgan fingerprint density at radius 1 is 0.868 bits per heavy atom. The normalized spacial score (nSPS) is 11.2. The van der Waals surface area contributed by atoms with Crippen molar-refractivity contribution in [2.45, 2.75) is 43.9 Å². The van der Waals surface area contributed by atoms with Gasteiger partial charge in [-0.25, -0.2) is 22.7 Å². The first-order chi connectivity index (χ1) is 31.9. The van der Waals surface area contributed by atoms with E-state index in [2.05, 4.69) is 25.3 Å². The number of aromatic nitrogens is 4. The van der Waals surface area contributed by atoms with Crippen LogP contribution in [0.15, 0.2) is 96.0 Å². The van der Waals surface area contributed by atoms with Crippen LogP contribution in [0.1, 0.15) is 30.3 Å². The highest BCUT2D eigenvalue weighted by Gasteiger charge is 2.31. The molecular weight excluding hydrogens is 983 g/mol. The minimum absolute atomic E-state index is 0.0111. The van der Waals surface area contributed by atoms with Gasteiger partial charge in [0.1, 0.15) is 28.6 Å². The van der Waals surface area contributed by atoms with Gasteiger partial charge < -0.3 is 24.1 Å². The Kier molecular flexibility index (Phi) is 18.4. The number of carboxylic acids is 1. The highest BCUT2D eigenvalue weighted by atomic mass is 35.5. The Morgan fingerprint density at radius 3 is 2.21 bits per heavy atom. The van der Waals surface area contributed by atoms with Gasteiger partial charge in [0.25, 0.3) is 10.0 Å². The van der Waals surface area contributed by atoms with Gasteiger partial charge in [-0.15, -0.1) is 0 Å². The largest absolute Gasteiger partial charge is 0.487 e. The number of anilines is 1. The molecule has 0 saturated carbocycles. The Bertz CT molecular complexity index is 2880. The third-order valence-electron chi connectivity index (χ3n) is 8.25. The number of aryl methyl sites for hydroxylation is 2. The molecule has 0 aliphatic carbocycles. The summed E-state index contributed by atoms with van der Waals surface area (Å²) in [4.78, 5) is 47.8. The van der Waals surface area contributed by atoms with Crippen LogP contribution in [-0.4, -0.2) is 76.9 Å². The van der Waals surface area contributed by atoms with Crippen molar-refractivity contribution in [1.29, 1.82) is 0 Å². The molecule has 0 aliphatic rings. The van der Waals surface area contributed by atoms with Gasteiger partial charge in [-0.3, -0.25) is 20.4 Å². The first kappa shape index (κ1) is 53.4. The molecule has 4 aromatic carbocycles. The molecule has 0 atom stereocenters. The van der Waals surface area contributed by atoms with E-state index in [-0.39, 0.29) is 57.9 Å². The number of nitrogens with zero attached hydrogens (tertiary/aromatic N) is 5. The molecule has 2 aromatic heterocycles. The number of fused-ring (bicyclic) bond motifs is 1. The Hall–Kier alpha value is -7.25. The van der Waals surface area contributed by atoms with E-state index in [0.717, 1.165) is 29.7 Å². The molecule has 0 saturated heterocycles. The zero-order valence-corrected chi connectivity index (χ0v) is 37.5. The maximum absolute atomic E-state index is 12.6. The average Bonchev–Trinajstić information content (AvgIpc) is 3.26. The fourth-order valence-corrected chi connectivity index (χ4v) is 7.00. The van der Waals surface area contributed by atoms with Gasteiger partial charge in [0, 0.05) is 30.1 Å². The van der Waals surface area contributed by atoms with Gasteiger partial charge in [-0.1, -0.05) is 41.4 Å². The van der Waals surface area contributed by atoms with Crippen LogP contribution in [0.4, 0.5) is 42.8 Å². The second-order valence-electron chi connectivity index (χ2n) is 13.2. The molecule has 27 heteroatoms. The van der Waals surface area contributed by atoms with Crippen molar-refractivity contribution in [2.24, 2.45) is 0 Å². The topological polar surface area (TPSA) is 244 Å². The molecule has 0 radical (unpaired) electrons. The number of nitro benzene ring substituents is 1. The molecule has 0 aliphatic heterocycles. The van der Waals surface area contributed by atoms with Crippen LogP contribution >= 0.6 is 23.2 Å². The van der Waals surface area contributed by atoms with Crippen molar-refractivity contribution in [3.8, 4) is 29.0 Å². The number of sulfonamides is 1. The quantitative estimate of drug-likeness (QED) is 0.0522. The number of rotatable bonds is 14. The lowest BCUT2D eigenvalue weighted by Gasteiger charge is -2.13. The van der Waals surface area contributed by atoms with E-state index in [4.69, 9.17) is 47.3 Å². The zero-order chi connectivity index (χ0) is 50.4. The molecule has 6 aromatic rings. The maximum Gasteiger partial charge on any atom is 0.416 e. The molecule has 2 amide bonds. The van der Waals surface area contributed by atoms with Gasteiger partial charge in [0.2, 0.25) is 11.7 Å². The van der Waals surface area contributed by atoms with Crippen molar-refractivity contribution in [3.63, 3.8) is 0 Å². The summed E-state index contributed by atoms with van der Waals surface area (Å²) in [6, 6.07) is 17.0. The molecule has 0 spiro atoms. The summed E-state index contributed by atoms with van der Waals surface area (Å²) < 4.78 is 122. The summed E-state index contributed by atoms with van der Waals surface area (Å²) in [6.07, 6.45) is -9.11. The van der Waals surface area contributed by atoms with E-state index in [0.29, 0.717) is 16.3 Å². The number of pyridine rings is 1. The van der Waals surface area contributed by atoms with Crippen LogP contribution in [0.25, 0.3) is 10.9 Å². The number of hydrogen-bond donors (Lipinski definition) is 3. The highest BCUT2D eigenvalue weighted by molar-refractivity contribution is 7.90. The maximum atomic E-state index is 12.6. The van der Waals surface area contributed by atoms with Crippen LogP contribution in [0.2, 0.25) is 10.0 Å². The fourth-order valence-electron chi connectivity index (χ4n) is 5.39. The van der Waals surface area contributed by atoms with E-state index in [1.807, 2.05) is 0 Å². The van der Waals surface area contributed by atoms with Crippen LogP contribution < -0.4 is 29.0 Å². The zero-order valence-electron chi connectivity index (χ0n) is 35.2. The summed E-state index contributed by atoms with van der Waals surface area (Å²) in [5, 5.41) is 22.6. The number of hydrogen-bond acceptors (Lipinski definition) is 14. The molecule has 3 N–H and O–H groups in total. The number of carboxylic acid groups (broad SMARTS) is 1. The van der Waals surface area contributed by atoms with E-state index < -0.39 is 69.2 Å². The summed E-state index contributed by atoms with van der Waals surface area (Å²) in [5.41, 5.74) is -0.657. The van der Waals surface area contributed by atoms with Crippen molar-refractivity contribution < 1.29 is 73.3 Å². The van der Waals surface area contributed by atoms with E-state index in [1.165, 1.54) is 50.4 Å². The monoisotopic (exact) mass is 1020 g/mol. The number of carbonyl (C=O) groups is 2. The summed E-state index contributed by atoms with van der Waals surface area (Å²) in [6.45, 7) is 2.96. The van der Waals surface area contributed by atoms with Crippen LogP contribution in [-0.2, 0) is 27.4 Å². The van der Waals surface area contributed by atoms with Gasteiger partial charge in [-0.05, 0) is 80.4 Å². The fraction of sp³-hybridized carbons (Fsp3) is 0.220. The molecule has 68 heavy (non-hydrogen) atoms. The first-order valence-electron chi connectivity index (χ1n) is 19.0. The molecule has 0 fully saturated rings. The third kappa shape index (κ3) is 16.0. The summed E-state index contributed by atoms with van der Waals surface area (Å²) in [5.74, 6) is -0.541. The Morgan fingerprint density at radius 2 is 1.57 bits per heavy atom. The van der Waals surface area contributed by atoms with Crippen molar-refractivity contribution in [2.75, 3.05) is 25.6 Å². The minimum Gasteiger partial charge on any atom is -0.487 e. The van der Waals surface area contributed by atoms with Crippen LogP contribution in [0.3, 0.4) is 0 Å². The SMILES string of the molecule is CCOc1cc(Oc2ccc(C(F)(F)F)cc2Cl)ccc1[N+](=O)[O-].COc1nc(C)nc(NC(=O)NS(=O)(=O)c2ccccc2CCC(F)(F)F)n1.O=C(O)COc1ccc(Cl)c2cccnc12. The molecular formula is C41H35Cl2F6N7O11S.